The molecular formula is C29H29ClF4N4O3. The Balaban J connectivity index is 1.03. The van der Waals surface area contributed by atoms with Crippen molar-refractivity contribution < 1.29 is 31.5 Å². The third-order valence-electron chi connectivity index (χ3n) is 7.68. The van der Waals surface area contributed by atoms with Gasteiger partial charge in [-0.2, -0.15) is 18.4 Å². The first-order valence-corrected chi connectivity index (χ1v) is 13.8. The van der Waals surface area contributed by atoms with Gasteiger partial charge in [-0.25, -0.2) is 4.39 Å². The fraction of sp³-hybridized carbons (Fsp3) is 0.448. The van der Waals surface area contributed by atoms with Gasteiger partial charge in [0.1, 0.15) is 23.8 Å². The third kappa shape index (κ3) is 6.94. The molecule has 1 aliphatic carbocycles. The number of fused-ring (bicyclic) bond motifs is 1. The summed E-state index contributed by atoms with van der Waals surface area (Å²) in [5, 5.41) is 13.1. The van der Waals surface area contributed by atoms with Crippen molar-refractivity contribution in [2.75, 3.05) is 38.1 Å². The fourth-order valence-corrected chi connectivity index (χ4v) is 5.65. The highest BCUT2D eigenvalue weighted by Crippen LogP contribution is 2.35. The van der Waals surface area contributed by atoms with Crippen LogP contribution in [0.25, 0.3) is 11.0 Å². The average molecular weight is 593 g/mol. The molecule has 12 heteroatoms. The molecule has 0 bridgehead atoms. The summed E-state index contributed by atoms with van der Waals surface area (Å²) in [5.74, 6) is 0.108. The largest absolute Gasteiger partial charge is 0.458 e. The third-order valence-corrected chi connectivity index (χ3v) is 8.10. The summed E-state index contributed by atoms with van der Waals surface area (Å²) in [7, 11) is 0. The number of furan rings is 1. The van der Waals surface area contributed by atoms with Gasteiger partial charge >= 0.3 is 6.18 Å². The maximum absolute atomic E-state index is 13.5. The van der Waals surface area contributed by atoms with Crippen LogP contribution >= 0.6 is 11.6 Å². The molecule has 1 aliphatic heterocycles. The van der Waals surface area contributed by atoms with E-state index in [1.54, 1.807) is 17.0 Å². The van der Waals surface area contributed by atoms with Gasteiger partial charge in [0.25, 0.3) is 0 Å². The van der Waals surface area contributed by atoms with Gasteiger partial charge in [-0.15, -0.1) is 0 Å². The van der Waals surface area contributed by atoms with E-state index in [9.17, 15) is 22.4 Å². The lowest BCUT2D eigenvalue weighted by Crippen LogP contribution is -2.49. The van der Waals surface area contributed by atoms with Gasteiger partial charge in [-0.05, 0) is 62.1 Å². The zero-order chi connectivity index (χ0) is 29.1. The number of carbonyl (C=O) groups is 1. The molecule has 2 heterocycles. The minimum atomic E-state index is -4.60. The summed E-state index contributed by atoms with van der Waals surface area (Å²) in [4.78, 5) is 16.7. The van der Waals surface area contributed by atoms with Crippen LogP contribution in [0.5, 0.6) is 0 Å². The quantitative estimate of drug-likeness (QED) is 0.329. The van der Waals surface area contributed by atoms with Crippen LogP contribution in [0.2, 0.25) is 5.02 Å². The number of hydrogen-bond donors (Lipinski definition) is 1. The molecule has 41 heavy (non-hydrogen) atoms. The molecule has 218 valence electrons. The Morgan fingerprint density at radius 3 is 2.51 bits per heavy atom. The summed E-state index contributed by atoms with van der Waals surface area (Å²) < 4.78 is 65.0. The molecule has 1 saturated carbocycles. The maximum Gasteiger partial charge on any atom is 0.417 e. The second-order valence-electron chi connectivity index (χ2n) is 10.4. The van der Waals surface area contributed by atoms with Gasteiger partial charge in [0, 0.05) is 43.3 Å². The number of piperazine rings is 1. The highest BCUT2D eigenvalue weighted by atomic mass is 35.5. The summed E-state index contributed by atoms with van der Waals surface area (Å²) in [6.07, 6.45) is -1.94. The topological polar surface area (TPSA) is 81.7 Å². The highest BCUT2D eigenvalue weighted by Gasteiger charge is 2.34. The van der Waals surface area contributed by atoms with E-state index in [1.807, 2.05) is 0 Å². The van der Waals surface area contributed by atoms with Crippen molar-refractivity contribution in [2.45, 2.75) is 50.6 Å². The van der Waals surface area contributed by atoms with Crippen molar-refractivity contribution in [1.29, 1.82) is 5.26 Å². The molecule has 0 atom stereocenters. The monoisotopic (exact) mass is 592 g/mol. The number of amides is 1. The Kier molecular flexibility index (Phi) is 8.73. The molecule has 3 aromatic rings. The van der Waals surface area contributed by atoms with E-state index in [2.05, 4.69) is 10.2 Å². The van der Waals surface area contributed by atoms with Crippen LogP contribution in [0.3, 0.4) is 0 Å². The molecule has 0 spiro atoms. The smallest absolute Gasteiger partial charge is 0.417 e. The minimum absolute atomic E-state index is 0.0196. The van der Waals surface area contributed by atoms with Gasteiger partial charge in [0.2, 0.25) is 5.91 Å². The van der Waals surface area contributed by atoms with Crippen LogP contribution < -0.4 is 5.32 Å². The van der Waals surface area contributed by atoms with Gasteiger partial charge in [0.15, 0.2) is 0 Å². The first-order valence-electron chi connectivity index (χ1n) is 13.5. The molecule has 0 unspecified atom stereocenters. The van der Waals surface area contributed by atoms with E-state index in [0.717, 1.165) is 6.07 Å². The number of ether oxygens (including phenoxy) is 1. The number of benzene rings is 2. The molecule has 2 fully saturated rings. The van der Waals surface area contributed by atoms with E-state index in [-0.39, 0.29) is 30.5 Å². The van der Waals surface area contributed by atoms with Crippen LogP contribution in [-0.2, 0) is 22.3 Å². The number of rotatable bonds is 7. The zero-order valence-electron chi connectivity index (χ0n) is 22.1. The number of anilines is 1. The predicted molar refractivity (Wildman–Crippen MR) is 145 cm³/mol. The Morgan fingerprint density at radius 2 is 1.83 bits per heavy atom. The van der Waals surface area contributed by atoms with E-state index in [4.69, 9.17) is 26.0 Å². The lowest BCUT2D eigenvalue weighted by molar-refractivity contribution is -0.140. The van der Waals surface area contributed by atoms with Crippen LogP contribution in [0.15, 0.2) is 40.8 Å². The zero-order valence-corrected chi connectivity index (χ0v) is 22.9. The molecule has 1 amide bonds. The molecule has 7 nitrogen and oxygen atoms in total. The Morgan fingerprint density at radius 1 is 1.10 bits per heavy atom. The van der Waals surface area contributed by atoms with Gasteiger partial charge in [-0.1, -0.05) is 11.6 Å². The molecular weight excluding hydrogens is 564 g/mol. The number of nitriles is 1. The molecule has 2 aromatic carbocycles. The van der Waals surface area contributed by atoms with E-state index < -0.39 is 17.3 Å². The molecule has 2 aliphatic rings. The van der Waals surface area contributed by atoms with Gasteiger partial charge in [0.05, 0.1) is 34.9 Å². The first-order chi connectivity index (χ1) is 19.6. The minimum Gasteiger partial charge on any atom is -0.458 e. The van der Waals surface area contributed by atoms with Crippen molar-refractivity contribution in [3.63, 3.8) is 0 Å². The fourth-order valence-electron chi connectivity index (χ4n) is 5.41. The standard InChI is InChI=1S/C29H29ClF4N4O3/c30-28-23-13-19(31)2-8-25(23)41-26(28)16-37-9-11-38(12-10-37)27(39)17-40-22-6-4-20(5-7-22)36-21-3-1-18(15-35)24(14-21)29(32,33)34/h1-3,8,13-14,20,22,36H,4-7,9-12,16-17H2/t20-,22-. The lowest BCUT2D eigenvalue weighted by Gasteiger charge is -2.35. The van der Waals surface area contributed by atoms with Crippen LogP contribution in [0.4, 0.5) is 23.2 Å². The Bertz CT molecular complexity index is 1440. The molecule has 0 radical (unpaired) electrons. The number of nitrogens with one attached hydrogen (secondary N) is 1. The highest BCUT2D eigenvalue weighted by molar-refractivity contribution is 6.36. The maximum atomic E-state index is 13.5. The van der Waals surface area contributed by atoms with E-state index in [0.29, 0.717) is 85.8 Å². The van der Waals surface area contributed by atoms with Crippen molar-refractivity contribution in [3.8, 4) is 6.07 Å². The molecule has 1 aromatic heterocycles. The molecule has 1 saturated heterocycles. The Labute approximate surface area is 239 Å². The molecule has 5 rings (SSSR count). The summed E-state index contributed by atoms with van der Waals surface area (Å²) in [6.45, 7) is 2.79. The van der Waals surface area contributed by atoms with Crippen molar-refractivity contribution >= 4 is 34.2 Å². The number of hydrogen-bond acceptors (Lipinski definition) is 6. The first kappa shape index (κ1) is 29.2. The van der Waals surface area contributed by atoms with Gasteiger partial charge < -0.3 is 19.4 Å². The van der Waals surface area contributed by atoms with Crippen molar-refractivity contribution in [2.24, 2.45) is 0 Å². The summed E-state index contributed by atoms with van der Waals surface area (Å²) >= 11 is 6.40. The van der Waals surface area contributed by atoms with Gasteiger partial charge in [-0.3, -0.25) is 9.69 Å². The van der Waals surface area contributed by atoms with E-state index >= 15 is 0 Å². The SMILES string of the molecule is N#Cc1ccc(N[C@H]2CC[C@H](OCC(=O)N3CCN(Cc4oc5ccc(F)cc5c4Cl)CC3)CC2)cc1C(F)(F)F. The lowest BCUT2D eigenvalue weighted by atomic mass is 9.92. The normalized spacial score (nSPS) is 20.2. The van der Waals surface area contributed by atoms with E-state index in [1.165, 1.54) is 24.3 Å². The predicted octanol–water partition coefficient (Wildman–Crippen LogP) is 6.20. The summed E-state index contributed by atoms with van der Waals surface area (Å²) in [6, 6.07) is 9.45. The molecule has 1 N–H and O–H groups in total. The van der Waals surface area contributed by atoms with Crippen LogP contribution in [-0.4, -0.2) is 60.6 Å². The number of nitrogens with zero attached hydrogens (tertiary/aromatic N) is 3. The number of halogens is 5. The number of carbonyl (C=O) groups excluding carboxylic acids is 1. The Hall–Kier alpha value is -3.33. The second kappa shape index (κ2) is 12.3. The average Bonchev–Trinajstić information content (AvgIpc) is 3.26. The van der Waals surface area contributed by atoms with Crippen molar-refractivity contribution in [3.05, 3.63) is 64.1 Å². The van der Waals surface area contributed by atoms with Crippen LogP contribution in [0.1, 0.15) is 42.6 Å². The summed E-state index contributed by atoms with van der Waals surface area (Å²) in [5.41, 5.74) is -0.491. The second-order valence-corrected chi connectivity index (χ2v) is 10.8. The number of alkyl halides is 3. The van der Waals surface area contributed by atoms with Crippen LogP contribution in [0, 0.1) is 17.1 Å². The van der Waals surface area contributed by atoms with Crippen molar-refractivity contribution in [1.82, 2.24) is 9.80 Å².